The van der Waals surface area contributed by atoms with Gasteiger partial charge in [-0.2, -0.15) is 13.5 Å². The van der Waals surface area contributed by atoms with Crippen molar-refractivity contribution in [1.82, 2.24) is 10.3 Å². The first-order chi connectivity index (χ1) is 8.28. The zero-order chi connectivity index (χ0) is 13.8. The molecule has 5 heteroatoms. The molecule has 1 aromatic rings. The van der Waals surface area contributed by atoms with Gasteiger partial charge in [-0.3, -0.25) is 0 Å². The fourth-order valence-corrected chi connectivity index (χ4v) is 1.43. The fraction of sp³-hybridized carbons (Fsp3) is 0.643. The van der Waals surface area contributed by atoms with E-state index < -0.39 is 6.10 Å². The fourth-order valence-electron chi connectivity index (χ4n) is 1.43. The van der Waals surface area contributed by atoms with Gasteiger partial charge < -0.3 is 15.2 Å². The molecule has 2 N–H and O–H groups in total. The molecule has 0 aromatic carbocycles. The van der Waals surface area contributed by atoms with Crippen molar-refractivity contribution in [1.29, 1.82) is 0 Å². The summed E-state index contributed by atoms with van der Waals surface area (Å²) in [4.78, 5) is 4.30. The van der Waals surface area contributed by atoms with Crippen molar-refractivity contribution in [3.8, 4) is 5.88 Å². The number of nitrogens with one attached hydrogen (secondary N) is 1. The van der Waals surface area contributed by atoms with Crippen molar-refractivity contribution in [3.05, 3.63) is 23.9 Å². The van der Waals surface area contributed by atoms with Gasteiger partial charge in [0, 0.05) is 18.2 Å². The number of pyridine rings is 1. The third kappa shape index (κ3) is 7.40. The van der Waals surface area contributed by atoms with Gasteiger partial charge in [-0.15, -0.1) is 0 Å². The molecule has 19 heavy (non-hydrogen) atoms. The third-order valence-corrected chi connectivity index (χ3v) is 2.27. The first-order valence-corrected chi connectivity index (χ1v) is 6.34. The van der Waals surface area contributed by atoms with Gasteiger partial charge in [0.25, 0.3) is 0 Å². The number of rotatable bonds is 5. The molecule has 0 aliphatic heterocycles. The van der Waals surface area contributed by atoms with Crippen LogP contribution >= 0.6 is 13.5 Å². The lowest BCUT2D eigenvalue weighted by Gasteiger charge is -2.22. The Bertz CT molecular complexity index is 378. The Kier molecular flexibility index (Phi) is 7.41. The van der Waals surface area contributed by atoms with Crippen LogP contribution in [-0.2, 0) is 0 Å². The van der Waals surface area contributed by atoms with Gasteiger partial charge in [0.15, 0.2) is 0 Å². The van der Waals surface area contributed by atoms with Gasteiger partial charge in [-0.1, -0.05) is 6.07 Å². The zero-order valence-corrected chi connectivity index (χ0v) is 13.4. The van der Waals surface area contributed by atoms with E-state index in [9.17, 15) is 5.11 Å². The number of hydrogen-bond acceptors (Lipinski definition) is 4. The maximum Gasteiger partial charge on any atom is 0.213 e. The SMILES string of the molecule is CC(C)Oc1cccc([C@@H](O)CNC(C)(C)C)n1.S. The Labute approximate surface area is 123 Å². The Balaban J connectivity index is 0.00000324. The number of hydrogen-bond donors (Lipinski definition) is 2. The van der Waals surface area contributed by atoms with Crippen LogP contribution in [0.1, 0.15) is 46.4 Å². The smallest absolute Gasteiger partial charge is 0.213 e. The average molecular weight is 286 g/mol. The summed E-state index contributed by atoms with van der Waals surface area (Å²) in [6, 6.07) is 5.45. The molecule has 0 bridgehead atoms. The maximum absolute atomic E-state index is 10.1. The summed E-state index contributed by atoms with van der Waals surface area (Å²) in [5.74, 6) is 0.553. The third-order valence-electron chi connectivity index (χ3n) is 2.27. The lowest BCUT2D eigenvalue weighted by Crippen LogP contribution is -2.38. The predicted molar refractivity (Wildman–Crippen MR) is 83.1 cm³/mol. The van der Waals surface area contributed by atoms with E-state index in [1.54, 1.807) is 6.07 Å². The number of β-amino-alcohol motifs (C(OH)–C–C–N with tert-alkyl or cyclic N) is 1. The van der Waals surface area contributed by atoms with Gasteiger partial charge in [0.05, 0.1) is 11.8 Å². The molecule has 1 heterocycles. The van der Waals surface area contributed by atoms with Crippen LogP contribution in [0.3, 0.4) is 0 Å². The Morgan fingerprint density at radius 2 is 1.95 bits per heavy atom. The van der Waals surface area contributed by atoms with Crippen LogP contribution in [0.5, 0.6) is 5.88 Å². The monoisotopic (exact) mass is 286 g/mol. The molecule has 1 atom stereocenters. The molecule has 0 radical (unpaired) electrons. The molecule has 110 valence electrons. The number of aliphatic hydroxyl groups is 1. The topological polar surface area (TPSA) is 54.4 Å². The van der Waals surface area contributed by atoms with Crippen LogP contribution < -0.4 is 10.1 Å². The zero-order valence-electron chi connectivity index (χ0n) is 12.4. The molecule has 0 aliphatic rings. The van der Waals surface area contributed by atoms with Gasteiger partial charge in [0.2, 0.25) is 5.88 Å². The summed E-state index contributed by atoms with van der Waals surface area (Å²) in [6.45, 7) is 10.6. The summed E-state index contributed by atoms with van der Waals surface area (Å²) < 4.78 is 5.51. The van der Waals surface area contributed by atoms with Gasteiger partial charge in [-0.25, -0.2) is 4.98 Å². The van der Waals surface area contributed by atoms with Crippen molar-refractivity contribution < 1.29 is 9.84 Å². The number of aromatic nitrogens is 1. The number of ether oxygens (including phenoxy) is 1. The second kappa shape index (κ2) is 7.72. The molecular weight excluding hydrogens is 260 g/mol. The summed E-state index contributed by atoms with van der Waals surface area (Å²) in [6.07, 6.45) is -0.544. The largest absolute Gasteiger partial charge is 0.475 e. The van der Waals surface area contributed by atoms with Gasteiger partial charge in [-0.05, 0) is 40.7 Å². The highest BCUT2D eigenvalue weighted by atomic mass is 32.1. The van der Waals surface area contributed by atoms with E-state index >= 15 is 0 Å². The molecule has 4 nitrogen and oxygen atoms in total. The highest BCUT2D eigenvalue weighted by molar-refractivity contribution is 7.59. The predicted octanol–water partition coefficient (Wildman–Crippen LogP) is 2.40. The van der Waals surface area contributed by atoms with Crippen molar-refractivity contribution in [2.24, 2.45) is 0 Å². The van der Waals surface area contributed by atoms with Crippen molar-refractivity contribution in [2.75, 3.05) is 6.54 Å². The lowest BCUT2D eigenvalue weighted by molar-refractivity contribution is 0.156. The van der Waals surface area contributed by atoms with Crippen LogP contribution in [0.4, 0.5) is 0 Å². The molecule has 0 saturated carbocycles. The number of aliphatic hydroxyl groups excluding tert-OH is 1. The Hall–Kier alpha value is -0.780. The second-order valence-corrected chi connectivity index (χ2v) is 5.71. The van der Waals surface area contributed by atoms with Crippen molar-refractivity contribution >= 4 is 13.5 Å². The van der Waals surface area contributed by atoms with Gasteiger partial charge >= 0.3 is 0 Å². The van der Waals surface area contributed by atoms with E-state index in [4.69, 9.17) is 4.74 Å². The van der Waals surface area contributed by atoms with Crippen LogP contribution in [-0.4, -0.2) is 28.3 Å². The highest BCUT2D eigenvalue weighted by Crippen LogP contribution is 2.15. The van der Waals surface area contributed by atoms with Crippen molar-refractivity contribution in [2.45, 2.75) is 52.4 Å². The van der Waals surface area contributed by atoms with Crippen molar-refractivity contribution in [3.63, 3.8) is 0 Å². The van der Waals surface area contributed by atoms with Crippen LogP contribution in [0, 0.1) is 0 Å². The van der Waals surface area contributed by atoms with Crippen LogP contribution in [0.15, 0.2) is 18.2 Å². The molecule has 0 saturated heterocycles. The average Bonchev–Trinajstić information content (AvgIpc) is 2.24. The van der Waals surface area contributed by atoms with E-state index in [1.165, 1.54) is 0 Å². The summed E-state index contributed by atoms with van der Waals surface area (Å²) >= 11 is 0. The summed E-state index contributed by atoms with van der Waals surface area (Å²) in [5.41, 5.74) is 0.609. The Morgan fingerprint density at radius 1 is 1.32 bits per heavy atom. The minimum atomic E-state index is -0.625. The van der Waals surface area contributed by atoms with Crippen LogP contribution in [0.2, 0.25) is 0 Å². The first kappa shape index (κ1) is 18.2. The quantitative estimate of drug-likeness (QED) is 0.873. The molecule has 1 rings (SSSR count). The van der Waals surface area contributed by atoms with E-state index in [0.717, 1.165) is 0 Å². The maximum atomic E-state index is 10.1. The molecule has 1 aromatic heterocycles. The van der Waals surface area contributed by atoms with E-state index in [-0.39, 0.29) is 25.1 Å². The molecule has 0 fully saturated rings. The molecule has 0 amide bonds. The Morgan fingerprint density at radius 3 is 2.47 bits per heavy atom. The second-order valence-electron chi connectivity index (χ2n) is 5.71. The van der Waals surface area contributed by atoms with Gasteiger partial charge in [0.1, 0.15) is 6.10 Å². The normalized spacial score (nSPS) is 13.0. The number of nitrogens with zero attached hydrogens (tertiary/aromatic N) is 1. The molecule has 0 spiro atoms. The van der Waals surface area contributed by atoms with E-state index in [0.29, 0.717) is 18.1 Å². The standard InChI is InChI=1S/C14H24N2O2.H2S/c1-10(2)18-13-8-6-7-11(16-13)12(17)9-15-14(3,4)5;/h6-8,10,12,15,17H,9H2,1-5H3;1H2/t12-;/m0./s1. The minimum absolute atomic E-state index is 0. The summed E-state index contributed by atoms with van der Waals surface area (Å²) in [7, 11) is 0. The van der Waals surface area contributed by atoms with E-state index in [1.807, 2.05) is 26.0 Å². The molecular formula is C14H26N2O2S. The summed E-state index contributed by atoms with van der Waals surface area (Å²) in [5, 5.41) is 13.3. The van der Waals surface area contributed by atoms with E-state index in [2.05, 4.69) is 31.1 Å². The minimum Gasteiger partial charge on any atom is -0.475 e. The van der Waals surface area contributed by atoms with Crippen LogP contribution in [0.25, 0.3) is 0 Å². The molecule has 0 unspecified atom stereocenters. The lowest BCUT2D eigenvalue weighted by atomic mass is 10.1. The first-order valence-electron chi connectivity index (χ1n) is 6.34. The molecule has 0 aliphatic carbocycles. The highest BCUT2D eigenvalue weighted by Gasteiger charge is 2.15.